The molecule has 1 fully saturated rings. The normalized spacial score (nSPS) is 15.6. The maximum Gasteiger partial charge on any atom is 0.366 e. The van der Waals surface area contributed by atoms with E-state index in [0.717, 1.165) is 36.0 Å². The Hall–Kier alpha value is -3.25. The van der Waals surface area contributed by atoms with Gasteiger partial charge in [-0.1, -0.05) is 42.3 Å². The van der Waals surface area contributed by atoms with Gasteiger partial charge in [0.05, 0.1) is 11.0 Å². The maximum absolute atomic E-state index is 8.63. The minimum Gasteiger partial charge on any atom is -0.578 e. The first-order chi connectivity index (χ1) is 14.0. The lowest BCUT2D eigenvalue weighted by molar-refractivity contribution is 0.336. The summed E-state index contributed by atoms with van der Waals surface area (Å²) in [4.78, 5) is 12.4. The number of nitrogen functional groups attached to an aromatic ring is 1. The van der Waals surface area contributed by atoms with Crippen LogP contribution in [0.1, 0.15) is 30.4 Å². The molecule has 29 heavy (non-hydrogen) atoms. The van der Waals surface area contributed by atoms with Crippen LogP contribution in [0.2, 0.25) is 5.02 Å². The molecular formula is C22H21ClN5O+. The van der Waals surface area contributed by atoms with Gasteiger partial charge in [-0.05, 0) is 48.2 Å². The topological polar surface area (TPSA) is 111 Å². The van der Waals surface area contributed by atoms with E-state index in [1.165, 1.54) is 0 Å². The van der Waals surface area contributed by atoms with Crippen LogP contribution in [0.3, 0.4) is 0 Å². The quantitative estimate of drug-likeness (QED) is 0.388. The van der Waals surface area contributed by atoms with Gasteiger partial charge in [0.25, 0.3) is 0 Å². The van der Waals surface area contributed by atoms with Gasteiger partial charge in [-0.2, -0.15) is 0 Å². The molecule has 1 heterocycles. The van der Waals surface area contributed by atoms with Crippen molar-refractivity contribution in [3.05, 3.63) is 77.1 Å². The number of anilines is 1. The Morgan fingerprint density at radius 2 is 1.62 bits per heavy atom. The summed E-state index contributed by atoms with van der Waals surface area (Å²) in [7, 11) is 0. The van der Waals surface area contributed by atoms with Crippen LogP contribution < -0.4 is 5.73 Å². The highest BCUT2D eigenvalue weighted by atomic mass is 35.5. The molecule has 4 rings (SSSR count). The van der Waals surface area contributed by atoms with Crippen LogP contribution >= 0.6 is 11.6 Å². The molecule has 1 aliphatic rings. The Balaban J connectivity index is 1.60. The zero-order valence-electron chi connectivity index (χ0n) is 15.7. The predicted molar refractivity (Wildman–Crippen MR) is 117 cm³/mol. The smallest absolute Gasteiger partial charge is 0.366 e. The summed E-state index contributed by atoms with van der Waals surface area (Å²) in [6.07, 6.45) is 6.14. The van der Waals surface area contributed by atoms with Crippen molar-refractivity contribution in [2.45, 2.75) is 24.7 Å². The molecule has 0 spiro atoms. The van der Waals surface area contributed by atoms with Crippen LogP contribution in [0, 0.1) is 5.41 Å². The van der Waals surface area contributed by atoms with Gasteiger partial charge in [0, 0.05) is 23.0 Å². The van der Waals surface area contributed by atoms with Gasteiger partial charge in [-0.25, -0.2) is 9.97 Å². The van der Waals surface area contributed by atoms with Gasteiger partial charge >= 0.3 is 5.90 Å². The van der Waals surface area contributed by atoms with E-state index in [2.05, 4.69) is 15.0 Å². The zero-order valence-corrected chi connectivity index (χ0v) is 16.4. The fourth-order valence-corrected chi connectivity index (χ4v) is 3.68. The molecule has 3 aromatic rings. The van der Waals surface area contributed by atoms with Crippen molar-refractivity contribution < 1.29 is 5.11 Å². The van der Waals surface area contributed by atoms with Gasteiger partial charge in [-0.15, -0.1) is 4.99 Å². The third-order valence-corrected chi connectivity index (χ3v) is 5.70. The lowest BCUT2D eigenvalue weighted by atomic mass is 9.63. The van der Waals surface area contributed by atoms with Crippen LogP contribution in [-0.2, 0) is 5.41 Å². The van der Waals surface area contributed by atoms with Crippen molar-refractivity contribution in [2.75, 3.05) is 5.73 Å². The molecule has 0 saturated heterocycles. The minimum absolute atomic E-state index is 0.0774. The lowest BCUT2D eigenvalue weighted by Crippen LogP contribution is -2.41. The fraction of sp³-hybridized carbons (Fsp3) is 0.182. The highest BCUT2D eigenvalue weighted by molar-refractivity contribution is 6.30. The molecule has 6 nitrogen and oxygen atoms in total. The predicted octanol–water partition coefficient (Wildman–Crippen LogP) is 3.95. The van der Waals surface area contributed by atoms with Crippen molar-refractivity contribution in [3.8, 4) is 11.1 Å². The highest BCUT2D eigenvalue weighted by Gasteiger charge is 2.43. The number of rotatable bonds is 4. The van der Waals surface area contributed by atoms with Gasteiger partial charge < -0.3 is 10.8 Å². The highest BCUT2D eigenvalue weighted by Crippen LogP contribution is 2.45. The summed E-state index contributed by atoms with van der Waals surface area (Å²) >= 11 is 5.91. The Bertz CT molecular complexity index is 1060. The number of hydrogen-bond acceptors (Lipinski definition) is 4. The Morgan fingerprint density at radius 1 is 1.00 bits per heavy atom. The van der Waals surface area contributed by atoms with Crippen LogP contribution in [-0.4, -0.2) is 26.8 Å². The summed E-state index contributed by atoms with van der Waals surface area (Å²) in [5, 5.41) is 17.5. The second kappa shape index (κ2) is 7.64. The van der Waals surface area contributed by atoms with E-state index < -0.39 is 5.41 Å². The molecule has 1 aliphatic carbocycles. The van der Waals surface area contributed by atoms with Gasteiger partial charge in [0.1, 0.15) is 5.84 Å². The molecule has 5 N–H and O–H groups in total. The molecule has 0 amide bonds. The molecule has 7 heteroatoms. The summed E-state index contributed by atoms with van der Waals surface area (Å²) in [6, 6.07) is 15.0. The van der Waals surface area contributed by atoms with E-state index in [0.29, 0.717) is 10.6 Å². The van der Waals surface area contributed by atoms with Crippen LogP contribution in [0.4, 0.5) is 5.95 Å². The minimum atomic E-state index is -0.436. The number of nitrogens with zero attached hydrogens (tertiary/aromatic N) is 3. The van der Waals surface area contributed by atoms with E-state index >= 15 is 0 Å². The monoisotopic (exact) mass is 406 g/mol. The third kappa shape index (κ3) is 3.71. The maximum atomic E-state index is 8.63. The number of aromatic nitrogens is 2. The second-order valence-corrected chi connectivity index (χ2v) is 7.60. The summed E-state index contributed by atoms with van der Waals surface area (Å²) in [6.45, 7) is 0. The Morgan fingerprint density at radius 3 is 2.17 bits per heavy atom. The largest absolute Gasteiger partial charge is 0.578 e. The van der Waals surface area contributed by atoms with E-state index in [-0.39, 0.29) is 17.7 Å². The molecule has 0 aliphatic heterocycles. The average molecular weight is 407 g/mol. The van der Waals surface area contributed by atoms with E-state index in [4.69, 9.17) is 27.9 Å². The molecular weight excluding hydrogens is 386 g/mol. The van der Waals surface area contributed by atoms with Crippen LogP contribution in [0.5, 0.6) is 0 Å². The first-order valence-corrected chi connectivity index (χ1v) is 9.69. The average Bonchev–Trinajstić information content (AvgIpc) is 2.69. The first-order valence-electron chi connectivity index (χ1n) is 9.32. The fourth-order valence-electron chi connectivity index (χ4n) is 3.55. The number of benzene rings is 2. The summed E-state index contributed by atoms with van der Waals surface area (Å²) in [5.74, 6) is 0.554. The number of hydrogen-bond donors (Lipinski definition) is 2. The first kappa shape index (κ1) is 19.1. The number of nitrogens with two attached hydrogens (primary N) is 1. The molecule has 1 saturated carbocycles. The van der Waals surface area contributed by atoms with Gasteiger partial charge in [-0.3, -0.25) is 5.41 Å². The molecule has 0 bridgehead atoms. The van der Waals surface area contributed by atoms with E-state index in [9.17, 15) is 0 Å². The van der Waals surface area contributed by atoms with Gasteiger partial charge in [0.2, 0.25) is 5.95 Å². The molecule has 0 atom stereocenters. The summed E-state index contributed by atoms with van der Waals surface area (Å²) in [5.41, 5.74) is 8.68. The van der Waals surface area contributed by atoms with Crippen molar-refractivity contribution >= 4 is 29.3 Å². The standard InChI is InChI=1S/C22H20ClN5O/c23-18-8-4-15(5-9-18)19(29)28-20(24)22(10-1-11-22)17-6-2-14(3-7-17)16-12-26-21(25)27-13-16/h2-9,12-13H,1,10-11H2,(H2,24,28,29)(H2,25,26,27)/p+1. The number of amidine groups is 1. The second-order valence-electron chi connectivity index (χ2n) is 7.16. The zero-order chi connectivity index (χ0) is 20.4. The molecule has 0 radical (unpaired) electrons. The number of nitrogens with one attached hydrogen (secondary N) is 1. The Kier molecular flexibility index (Phi) is 5.03. The molecule has 2 aromatic carbocycles. The SMILES string of the molecule is N=C(N=C([OH2+])c1ccc(Cl)cc1)C1(c2ccc(-c3cnc(N)nc3)cc2)CCC1. The van der Waals surface area contributed by atoms with Crippen molar-refractivity contribution in [2.24, 2.45) is 4.99 Å². The number of halogens is 1. The van der Waals surface area contributed by atoms with Crippen LogP contribution in [0.25, 0.3) is 11.1 Å². The van der Waals surface area contributed by atoms with E-state index in [1.54, 1.807) is 36.7 Å². The lowest BCUT2D eigenvalue weighted by Gasteiger charge is -2.41. The van der Waals surface area contributed by atoms with Crippen molar-refractivity contribution in [1.82, 2.24) is 9.97 Å². The van der Waals surface area contributed by atoms with Crippen molar-refractivity contribution in [3.63, 3.8) is 0 Å². The van der Waals surface area contributed by atoms with E-state index in [1.807, 2.05) is 24.3 Å². The third-order valence-electron chi connectivity index (χ3n) is 5.44. The molecule has 1 aromatic heterocycles. The molecule has 146 valence electrons. The number of aliphatic imine (C=N–C) groups is 1. The Labute approximate surface area is 173 Å². The summed E-state index contributed by atoms with van der Waals surface area (Å²) < 4.78 is 0. The van der Waals surface area contributed by atoms with Crippen molar-refractivity contribution in [1.29, 1.82) is 5.41 Å². The van der Waals surface area contributed by atoms with Gasteiger partial charge in [0.15, 0.2) is 0 Å². The molecule has 0 unspecified atom stereocenters. The van der Waals surface area contributed by atoms with Crippen LogP contribution in [0.15, 0.2) is 65.9 Å².